The lowest BCUT2D eigenvalue weighted by Crippen LogP contribution is -2.15. The van der Waals surface area contributed by atoms with Gasteiger partial charge in [-0.05, 0) is 46.5 Å². The van der Waals surface area contributed by atoms with E-state index in [0.717, 1.165) is 17.4 Å². The first kappa shape index (κ1) is 17.9. The number of halogens is 1. The highest BCUT2D eigenvalue weighted by molar-refractivity contribution is 8.15. The lowest BCUT2D eigenvalue weighted by atomic mass is 10.3. The number of hydrogen-bond donors (Lipinski definition) is 1. The Morgan fingerprint density at radius 3 is 2.65 bits per heavy atom. The van der Waals surface area contributed by atoms with E-state index in [1.807, 2.05) is 30.3 Å². The number of hydrazone groups is 1. The SMILES string of the molecule is COC(=O)/C(=N\Nc1ccccc1Cl)Sc1nnnn1-c1ccccc1. The molecule has 0 saturated heterocycles. The first-order valence-electron chi connectivity index (χ1n) is 7.37. The number of thioether (sulfide) groups is 1. The summed E-state index contributed by atoms with van der Waals surface area (Å²) in [5.41, 5.74) is 4.06. The zero-order valence-electron chi connectivity index (χ0n) is 13.5. The lowest BCUT2D eigenvalue weighted by molar-refractivity contribution is -0.132. The van der Waals surface area contributed by atoms with E-state index in [1.165, 1.54) is 11.8 Å². The zero-order chi connectivity index (χ0) is 18.4. The minimum absolute atomic E-state index is 0.0272. The molecule has 0 aliphatic rings. The van der Waals surface area contributed by atoms with Crippen LogP contribution in [-0.2, 0) is 9.53 Å². The Labute approximate surface area is 158 Å². The molecule has 0 radical (unpaired) electrons. The van der Waals surface area contributed by atoms with Gasteiger partial charge in [-0.2, -0.15) is 9.78 Å². The van der Waals surface area contributed by atoms with E-state index in [9.17, 15) is 4.79 Å². The van der Waals surface area contributed by atoms with Gasteiger partial charge in [-0.25, -0.2) is 4.79 Å². The minimum Gasteiger partial charge on any atom is -0.464 e. The van der Waals surface area contributed by atoms with E-state index in [1.54, 1.807) is 24.3 Å². The van der Waals surface area contributed by atoms with E-state index in [0.29, 0.717) is 15.9 Å². The second-order valence-corrected chi connectivity index (χ2v) is 6.17. The summed E-state index contributed by atoms with van der Waals surface area (Å²) < 4.78 is 6.28. The number of tetrazole rings is 1. The number of rotatable bonds is 4. The molecule has 0 bridgehead atoms. The molecule has 0 aliphatic heterocycles. The molecule has 1 heterocycles. The van der Waals surface area contributed by atoms with Crippen molar-refractivity contribution in [3.8, 4) is 5.69 Å². The van der Waals surface area contributed by atoms with Gasteiger partial charge in [0, 0.05) is 0 Å². The molecular formula is C16H13ClN6O2S. The van der Waals surface area contributed by atoms with Crippen LogP contribution in [0.3, 0.4) is 0 Å². The predicted octanol–water partition coefficient (Wildman–Crippen LogP) is 3.01. The largest absolute Gasteiger partial charge is 0.464 e. The Morgan fingerprint density at radius 2 is 1.92 bits per heavy atom. The molecule has 8 nitrogen and oxygen atoms in total. The summed E-state index contributed by atoms with van der Waals surface area (Å²) in [4.78, 5) is 12.1. The van der Waals surface area contributed by atoms with Crippen molar-refractivity contribution in [2.75, 3.05) is 12.5 Å². The quantitative estimate of drug-likeness (QED) is 0.241. The standard InChI is InChI=1S/C16H13ClN6O2S/c1-25-15(24)14(19-18-13-10-6-5-9-12(13)17)26-16-20-21-22-23(16)11-7-3-2-4-8-11/h2-10,18H,1H3/b19-14+. The van der Waals surface area contributed by atoms with Crippen molar-refractivity contribution < 1.29 is 9.53 Å². The smallest absolute Gasteiger partial charge is 0.365 e. The van der Waals surface area contributed by atoms with E-state index >= 15 is 0 Å². The summed E-state index contributed by atoms with van der Waals surface area (Å²) in [6.45, 7) is 0. The first-order valence-corrected chi connectivity index (χ1v) is 8.56. The van der Waals surface area contributed by atoms with Gasteiger partial charge in [0.1, 0.15) is 0 Å². The van der Waals surface area contributed by atoms with Gasteiger partial charge in [0.15, 0.2) is 0 Å². The molecule has 0 fully saturated rings. The van der Waals surface area contributed by atoms with E-state index in [4.69, 9.17) is 16.3 Å². The molecule has 10 heteroatoms. The normalized spacial score (nSPS) is 11.2. The number of benzene rings is 2. The average Bonchev–Trinajstić information content (AvgIpc) is 3.14. The Bertz CT molecular complexity index is 931. The molecule has 0 saturated carbocycles. The maximum atomic E-state index is 12.1. The summed E-state index contributed by atoms with van der Waals surface area (Å²) in [5, 5.41) is 16.5. The molecule has 0 atom stereocenters. The van der Waals surface area contributed by atoms with Crippen molar-refractivity contribution in [2.24, 2.45) is 5.10 Å². The summed E-state index contributed by atoms with van der Waals surface area (Å²) >= 11 is 7.05. The molecule has 3 aromatic rings. The Morgan fingerprint density at radius 1 is 1.19 bits per heavy atom. The van der Waals surface area contributed by atoms with Crippen LogP contribution in [0.4, 0.5) is 5.69 Å². The second-order valence-electron chi connectivity index (χ2n) is 4.81. The van der Waals surface area contributed by atoms with Crippen LogP contribution in [0.25, 0.3) is 5.69 Å². The van der Waals surface area contributed by atoms with Gasteiger partial charge in [0.25, 0.3) is 0 Å². The molecule has 0 amide bonds. The van der Waals surface area contributed by atoms with Crippen LogP contribution in [0.1, 0.15) is 0 Å². The first-order chi connectivity index (χ1) is 12.7. The van der Waals surface area contributed by atoms with Crippen LogP contribution in [0, 0.1) is 0 Å². The predicted molar refractivity (Wildman–Crippen MR) is 99.5 cm³/mol. The number of hydrogen-bond acceptors (Lipinski definition) is 8. The number of nitrogens with zero attached hydrogens (tertiary/aromatic N) is 5. The molecule has 0 spiro atoms. The number of ether oxygens (including phenoxy) is 1. The lowest BCUT2D eigenvalue weighted by Gasteiger charge is -2.07. The molecule has 26 heavy (non-hydrogen) atoms. The highest BCUT2D eigenvalue weighted by Gasteiger charge is 2.19. The average molecular weight is 389 g/mol. The monoisotopic (exact) mass is 388 g/mol. The minimum atomic E-state index is -0.628. The third kappa shape index (κ3) is 4.19. The molecule has 0 unspecified atom stereocenters. The topological polar surface area (TPSA) is 94.3 Å². The molecule has 3 rings (SSSR count). The van der Waals surface area contributed by atoms with Gasteiger partial charge in [0.2, 0.25) is 10.2 Å². The van der Waals surface area contributed by atoms with Crippen molar-refractivity contribution in [2.45, 2.75) is 5.16 Å². The van der Waals surface area contributed by atoms with Crippen LogP contribution in [0.5, 0.6) is 0 Å². The van der Waals surface area contributed by atoms with Crippen LogP contribution in [0.15, 0.2) is 64.9 Å². The van der Waals surface area contributed by atoms with Crippen molar-refractivity contribution in [1.29, 1.82) is 0 Å². The highest BCUT2D eigenvalue weighted by atomic mass is 35.5. The van der Waals surface area contributed by atoms with Crippen LogP contribution < -0.4 is 5.43 Å². The Balaban J connectivity index is 1.87. The Kier molecular flexibility index (Phi) is 5.82. The molecule has 2 aromatic carbocycles. The number of nitrogens with one attached hydrogen (secondary N) is 1. The number of anilines is 1. The molecule has 1 aromatic heterocycles. The van der Waals surface area contributed by atoms with Crippen molar-refractivity contribution in [3.05, 3.63) is 59.6 Å². The molecule has 132 valence electrons. The van der Waals surface area contributed by atoms with Crippen LogP contribution >= 0.6 is 23.4 Å². The zero-order valence-corrected chi connectivity index (χ0v) is 15.1. The third-order valence-electron chi connectivity index (χ3n) is 3.14. The number of methoxy groups -OCH3 is 1. The fourth-order valence-electron chi connectivity index (χ4n) is 1.92. The number of aromatic nitrogens is 4. The summed E-state index contributed by atoms with van der Waals surface area (Å²) in [7, 11) is 1.27. The van der Waals surface area contributed by atoms with Crippen molar-refractivity contribution in [1.82, 2.24) is 20.2 Å². The second kappa shape index (κ2) is 8.45. The maximum Gasteiger partial charge on any atom is 0.365 e. The fraction of sp³-hybridized carbons (Fsp3) is 0.0625. The van der Waals surface area contributed by atoms with Gasteiger partial charge >= 0.3 is 5.97 Å². The van der Waals surface area contributed by atoms with Crippen molar-refractivity contribution in [3.63, 3.8) is 0 Å². The van der Waals surface area contributed by atoms with Gasteiger partial charge < -0.3 is 4.74 Å². The summed E-state index contributed by atoms with van der Waals surface area (Å²) in [6.07, 6.45) is 0. The van der Waals surface area contributed by atoms with Gasteiger partial charge in [0.05, 0.1) is 23.5 Å². The highest BCUT2D eigenvalue weighted by Crippen LogP contribution is 2.23. The van der Waals surface area contributed by atoms with E-state index in [-0.39, 0.29) is 5.04 Å². The Hall–Kier alpha value is -2.91. The summed E-state index contributed by atoms with van der Waals surface area (Å²) in [5.74, 6) is -0.628. The summed E-state index contributed by atoms with van der Waals surface area (Å²) in [6, 6.07) is 16.3. The molecule has 1 N–H and O–H groups in total. The van der Waals surface area contributed by atoms with Crippen LogP contribution in [-0.4, -0.2) is 38.3 Å². The third-order valence-corrected chi connectivity index (χ3v) is 4.36. The number of carbonyl (C=O) groups is 1. The van der Waals surface area contributed by atoms with Gasteiger partial charge in [-0.3, -0.25) is 5.43 Å². The maximum absolute atomic E-state index is 12.1. The van der Waals surface area contributed by atoms with Gasteiger partial charge in [-0.15, -0.1) is 5.10 Å². The molecular weight excluding hydrogens is 376 g/mol. The van der Waals surface area contributed by atoms with Gasteiger partial charge in [-0.1, -0.05) is 41.9 Å². The van der Waals surface area contributed by atoms with E-state index < -0.39 is 5.97 Å². The number of carbonyl (C=O) groups excluding carboxylic acids is 1. The fourth-order valence-corrected chi connectivity index (χ4v) is 2.84. The molecule has 0 aliphatic carbocycles. The number of esters is 1. The van der Waals surface area contributed by atoms with Crippen LogP contribution in [0.2, 0.25) is 5.02 Å². The van der Waals surface area contributed by atoms with E-state index in [2.05, 4.69) is 26.1 Å². The van der Waals surface area contributed by atoms with Crippen molar-refractivity contribution >= 4 is 40.1 Å². The number of para-hydroxylation sites is 2.